The molecule has 2 aromatic rings. The van der Waals surface area contributed by atoms with Gasteiger partial charge < -0.3 is 4.74 Å². The molecule has 0 amide bonds. The van der Waals surface area contributed by atoms with Crippen LogP contribution >= 0.6 is 0 Å². The molecule has 2 aromatic heterocycles. The lowest BCUT2D eigenvalue weighted by atomic mass is 9.83. The largest absolute Gasteiger partial charge is 0.495 e. The van der Waals surface area contributed by atoms with Crippen LogP contribution in [0.1, 0.15) is 42.9 Å². The van der Waals surface area contributed by atoms with Crippen LogP contribution in [0.25, 0.3) is 0 Å². The normalized spacial score (nSPS) is 14.7. The summed E-state index contributed by atoms with van der Waals surface area (Å²) in [7, 11) is 1.65. The third-order valence-corrected chi connectivity index (χ3v) is 4.05. The monoisotopic (exact) mass is 311 g/mol. The van der Waals surface area contributed by atoms with E-state index in [1.165, 1.54) is 19.3 Å². The summed E-state index contributed by atoms with van der Waals surface area (Å²) in [6.07, 6.45) is 14.2. The third-order valence-electron chi connectivity index (χ3n) is 4.05. The first-order chi connectivity index (χ1) is 11.4. The van der Waals surface area contributed by atoms with E-state index in [0.717, 1.165) is 35.7 Å². The molecule has 1 aliphatic carbocycles. The summed E-state index contributed by atoms with van der Waals surface area (Å²) in [6.45, 7) is 0. The number of hydrogen-bond acceptors (Lipinski definition) is 6. The fraction of sp³-hybridized carbons (Fsp3) is 0.412. The first-order valence-corrected chi connectivity index (χ1v) is 7.93. The van der Waals surface area contributed by atoms with E-state index in [-0.39, 0.29) is 0 Å². The summed E-state index contributed by atoms with van der Waals surface area (Å²) in [5, 5.41) is 4.27. The number of aromatic nitrogens is 3. The summed E-state index contributed by atoms with van der Waals surface area (Å²) in [4.78, 5) is 12.9. The van der Waals surface area contributed by atoms with E-state index >= 15 is 0 Å². The van der Waals surface area contributed by atoms with Crippen LogP contribution in [-0.2, 0) is 6.42 Å². The number of aryl methyl sites for hydroxylation is 1. The van der Waals surface area contributed by atoms with Crippen LogP contribution < -0.4 is 10.2 Å². The van der Waals surface area contributed by atoms with Crippen LogP contribution in [0, 0.1) is 0 Å². The van der Waals surface area contributed by atoms with Crippen molar-refractivity contribution >= 4 is 12.0 Å². The van der Waals surface area contributed by atoms with Crippen LogP contribution in [0.3, 0.4) is 0 Å². The fourth-order valence-electron chi connectivity index (χ4n) is 2.53. The molecule has 6 heteroatoms. The minimum Gasteiger partial charge on any atom is -0.495 e. The zero-order chi connectivity index (χ0) is 15.9. The molecule has 0 spiro atoms. The lowest BCUT2D eigenvalue weighted by molar-refractivity contribution is 0.411. The van der Waals surface area contributed by atoms with Gasteiger partial charge in [0.1, 0.15) is 5.75 Å². The molecule has 1 fully saturated rings. The predicted octanol–water partition coefficient (Wildman–Crippen LogP) is 3.18. The van der Waals surface area contributed by atoms with Crippen LogP contribution in [0.2, 0.25) is 0 Å². The van der Waals surface area contributed by atoms with Crippen LogP contribution in [0.15, 0.2) is 36.0 Å². The number of pyridine rings is 1. The minimum atomic E-state index is 0.532. The second kappa shape index (κ2) is 7.67. The van der Waals surface area contributed by atoms with Gasteiger partial charge in [-0.15, -0.1) is 0 Å². The van der Waals surface area contributed by atoms with Gasteiger partial charge in [-0.05, 0) is 37.3 Å². The Hall–Kier alpha value is -2.50. The highest BCUT2D eigenvalue weighted by Crippen LogP contribution is 2.37. The van der Waals surface area contributed by atoms with E-state index in [0.29, 0.717) is 5.92 Å². The third kappa shape index (κ3) is 4.03. The maximum atomic E-state index is 5.17. The Balaban J connectivity index is 1.51. The number of hydrazone groups is 1. The summed E-state index contributed by atoms with van der Waals surface area (Å²) >= 11 is 0. The molecule has 0 bridgehead atoms. The molecule has 1 aliphatic rings. The Kier molecular flexibility index (Phi) is 5.13. The first kappa shape index (κ1) is 15.4. The second-order valence-corrected chi connectivity index (χ2v) is 5.61. The second-order valence-electron chi connectivity index (χ2n) is 5.61. The molecule has 0 saturated heterocycles. The highest BCUT2D eigenvalue weighted by Gasteiger charge is 2.23. The van der Waals surface area contributed by atoms with Crippen molar-refractivity contribution in [2.75, 3.05) is 12.5 Å². The highest BCUT2D eigenvalue weighted by atomic mass is 16.5. The van der Waals surface area contributed by atoms with Crippen molar-refractivity contribution in [2.24, 2.45) is 5.10 Å². The van der Waals surface area contributed by atoms with Crippen molar-refractivity contribution in [3.63, 3.8) is 0 Å². The fourth-order valence-corrected chi connectivity index (χ4v) is 2.53. The Labute approximate surface area is 136 Å². The van der Waals surface area contributed by atoms with Crippen LogP contribution in [0.5, 0.6) is 5.75 Å². The van der Waals surface area contributed by atoms with Gasteiger partial charge in [-0.25, -0.2) is 4.98 Å². The van der Waals surface area contributed by atoms with Gasteiger partial charge in [0.2, 0.25) is 0 Å². The first-order valence-electron chi connectivity index (χ1n) is 7.93. The van der Waals surface area contributed by atoms with E-state index in [2.05, 4.69) is 25.5 Å². The summed E-state index contributed by atoms with van der Waals surface area (Å²) < 4.78 is 5.17. The topological polar surface area (TPSA) is 72.3 Å². The Morgan fingerprint density at radius 2 is 2.17 bits per heavy atom. The van der Waals surface area contributed by atoms with Crippen molar-refractivity contribution < 1.29 is 4.74 Å². The molecule has 1 N–H and O–H groups in total. The maximum Gasteiger partial charge on any atom is 0.168 e. The van der Waals surface area contributed by atoms with Gasteiger partial charge in [-0.2, -0.15) is 5.10 Å². The van der Waals surface area contributed by atoms with Crippen molar-refractivity contribution in [1.82, 2.24) is 15.0 Å². The predicted molar refractivity (Wildman–Crippen MR) is 89.8 cm³/mol. The Morgan fingerprint density at radius 1 is 1.30 bits per heavy atom. The van der Waals surface area contributed by atoms with E-state index in [1.54, 1.807) is 25.7 Å². The number of anilines is 1. The highest BCUT2D eigenvalue weighted by molar-refractivity contribution is 5.59. The van der Waals surface area contributed by atoms with Gasteiger partial charge in [0.05, 0.1) is 19.0 Å². The lowest BCUT2D eigenvalue weighted by Crippen LogP contribution is -2.13. The molecule has 1 saturated carbocycles. The molecule has 6 nitrogen and oxygen atoms in total. The van der Waals surface area contributed by atoms with Crippen molar-refractivity contribution in [2.45, 2.75) is 38.0 Å². The van der Waals surface area contributed by atoms with Gasteiger partial charge in [0.15, 0.2) is 5.82 Å². The van der Waals surface area contributed by atoms with Crippen molar-refractivity contribution in [3.8, 4) is 5.75 Å². The van der Waals surface area contributed by atoms with Crippen molar-refractivity contribution in [1.29, 1.82) is 0 Å². The SMILES string of the molecule is COc1cncc(CC/C=N/Nc2nccnc2C2CCC2)c1. The average Bonchev–Trinajstić information content (AvgIpc) is 2.54. The minimum absolute atomic E-state index is 0.532. The van der Waals surface area contributed by atoms with E-state index in [9.17, 15) is 0 Å². The number of hydrogen-bond donors (Lipinski definition) is 1. The molecule has 0 atom stereocenters. The van der Waals surface area contributed by atoms with Gasteiger partial charge in [-0.3, -0.25) is 15.4 Å². The summed E-state index contributed by atoms with van der Waals surface area (Å²) in [5.74, 6) is 2.09. The van der Waals surface area contributed by atoms with Crippen LogP contribution in [0.4, 0.5) is 5.82 Å². The number of ether oxygens (including phenoxy) is 1. The van der Waals surface area contributed by atoms with Gasteiger partial charge in [-0.1, -0.05) is 6.42 Å². The quantitative estimate of drug-likeness (QED) is 0.628. The summed E-state index contributed by atoms with van der Waals surface area (Å²) in [5.41, 5.74) is 5.19. The Morgan fingerprint density at radius 3 is 2.96 bits per heavy atom. The number of methoxy groups -OCH3 is 1. The zero-order valence-corrected chi connectivity index (χ0v) is 13.3. The van der Waals surface area contributed by atoms with Gasteiger partial charge in [0, 0.05) is 30.7 Å². The van der Waals surface area contributed by atoms with E-state index in [1.807, 2.05) is 18.5 Å². The molecule has 0 unspecified atom stereocenters. The molecular formula is C17H21N5O. The molecule has 120 valence electrons. The molecule has 3 rings (SSSR count). The molecular weight excluding hydrogens is 290 g/mol. The molecule has 23 heavy (non-hydrogen) atoms. The lowest BCUT2D eigenvalue weighted by Gasteiger charge is -2.25. The smallest absolute Gasteiger partial charge is 0.168 e. The standard InChI is InChI=1S/C17H21N5O/c1-23-15-10-13(11-18-12-15)4-3-7-21-22-17-16(14-5-2-6-14)19-8-9-20-17/h7-12,14H,2-6H2,1H3,(H,20,22)/b21-7+. The zero-order valence-electron chi connectivity index (χ0n) is 13.3. The number of rotatable bonds is 7. The molecule has 0 radical (unpaired) electrons. The maximum absolute atomic E-state index is 5.17. The molecule has 0 aliphatic heterocycles. The average molecular weight is 311 g/mol. The Bertz CT molecular complexity index is 670. The van der Waals surface area contributed by atoms with E-state index < -0.39 is 0 Å². The summed E-state index contributed by atoms with van der Waals surface area (Å²) in [6, 6.07) is 1.99. The molecule has 0 aromatic carbocycles. The van der Waals surface area contributed by atoms with E-state index in [4.69, 9.17) is 4.74 Å². The number of nitrogens with zero attached hydrogens (tertiary/aromatic N) is 4. The van der Waals surface area contributed by atoms with Crippen LogP contribution in [-0.4, -0.2) is 28.3 Å². The van der Waals surface area contributed by atoms with Gasteiger partial charge in [0.25, 0.3) is 0 Å². The molecule has 2 heterocycles. The van der Waals surface area contributed by atoms with Gasteiger partial charge >= 0.3 is 0 Å². The number of nitrogens with one attached hydrogen (secondary N) is 1. The van der Waals surface area contributed by atoms with Crippen molar-refractivity contribution in [3.05, 3.63) is 42.1 Å².